The van der Waals surface area contributed by atoms with Crippen LogP contribution in [0.3, 0.4) is 0 Å². The van der Waals surface area contributed by atoms with E-state index in [0.717, 1.165) is 80.9 Å². The molecule has 0 unspecified atom stereocenters. The molecule has 6 rings (SSSR count). The van der Waals surface area contributed by atoms with Crippen molar-refractivity contribution >= 4 is 54.8 Å². The third kappa shape index (κ3) is 8.10. The molecule has 2 aliphatic carbocycles. The minimum atomic E-state index is -0.628. The van der Waals surface area contributed by atoms with E-state index in [1.165, 1.54) is 0 Å². The molecule has 2 heterocycles. The first-order chi connectivity index (χ1) is 22.8. The number of aliphatic hydroxyl groups is 2. The van der Waals surface area contributed by atoms with Crippen molar-refractivity contribution in [1.29, 1.82) is 0 Å². The molecule has 0 saturated heterocycles. The van der Waals surface area contributed by atoms with E-state index in [2.05, 4.69) is 68.5 Å². The molecule has 2 aromatic carbocycles. The van der Waals surface area contributed by atoms with Gasteiger partial charge in [-0.05, 0) is 112 Å². The van der Waals surface area contributed by atoms with Crippen LogP contribution in [0, 0.1) is 13.8 Å². The average Bonchev–Trinajstić information content (AvgIpc) is 3.43. The Labute approximate surface area is 334 Å². The summed E-state index contributed by atoms with van der Waals surface area (Å²) in [4.78, 5) is 25.5. The summed E-state index contributed by atoms with van der Waals surface area (Å²) in [6.45, 7) is 8.19. The smallest absolute Gasteiger partial charge is 0.870 e. The van der Waals surface area contributed by atoms with Crippen LogP contribution in [-0.4, -0.2) is 65.0 Å². The molecule has 2 saturated carbocycles. The van der Waals surface area contributed by atoms with E-state index in [-0.39, 0.29) is 70.6 Å². The van der Waals surface area contributed by atoms with Crippen molar-refractivity contribution in [3.8, 4) is 0 Å². The maximum atomic E-state index is 12.7. The van der Waals surface area contributed by atoms with Gasteiger partial charge in [-0.15, -0.1) is 0 Å². The second-order valence-corrected chi connectivity index (χ2v) is 15.4. The Hall–Kier alpha value is -1.70. The molecule has 2 amide bonds. The predicted octanol–water partition coefficient (Wildman–Crippen LogP) is 4.92. The quantitative estimate of drug-likeness (QED) is 0.303. The molecule has 0 aromatic heterocycles. The summed E-state index contributed by atoms with van der Waals surface area (Å²) in [5, 5.41) is 28.1. The molecule has 2 spiro atoms. The van der Waals surface area contributed by atoms with Crippen LogP contribution in [0.15, 0.2) is 44.7 Å². The summed E-state index contributed by atoms with van der Waals surface area (Å²) in [6.07, 6.45) is 8.20. The van der Waals surface area contributed by atoms with E-state index in [9.17, 15) is 19.8 Å². The number of aliphatic hydroxyl groups excluding tert-OH is 2. The molecule has 0 radical (unpaired) electrons. The van der Waals surface area contributed by atoms with Crippen molar-refractivity contribution in [2.45, 2.75) is 115 Å². The third-order valence-corrected chi connectivity index (χ3v) is 11.9. The standard InChI is InChI=1S/2C19H24BrNO3.Na.H2O/c2*1-4-12-9-11(2)10-14(20)15(12)16-17(22)19(21-18(16)23)7-5-13(24-3)6-8-19;;/h2*9-10,13,22H,4-8H2,1-3H3,(H,21,23);;1H2/q;;+1;/p-1. The van der Waals surface area contributed by atoms with Gasteiger partial charge in [-0.1, -0.05) is 57.8 Å². The van der Waals surface area contributed by atoms with Crippen LogP contribution in [0.1, 0.15) is 98.6 Å². The van der Waals surface area contributed by atoms with Crippen molar-refractivity contribution in [2.24, 2.45) is 0 Å². The van der Waals surface area contributed by atoms with Crippen LogP contribution in [0.5, 0.6) is 0 Å². The zero-order valence-electron chi connectivity index (χ0n) is 30.3. The number of hydrogen-bond donors (Lipinski definition) is 4. The van der Waals surface area contributed by atoms with E-state index in [1.54, 1.807) is 14.2 Å². The molecule has 4 aliphatic rings. The number of aryl methyl sites for hydroxylation is 4. The fraction of sp³-hybridized carbons (Fsp3) is 0.526. The second kappa shape index (κ2) is 17.4. The topological polar surface area (TPSA) is 147 Å². The van der Waals surface area contributed by atoms with Gasteiger partial charge in [0.2, 0.25) is 0 Å². The average molecular weight is 829 g/mol. The normalized spacial score (nSPS) is 25.9. The number of ether oxygens (including phenoxy) is 2. The number of carbonyl (C=O) groups is 2. The number of carbonyl (C=O) groups excluding carboxylic acids is 2. The summed E-state index contributed by atoms with van der Waals surface area (Å²) >= 11 is 7.18. The van der Waals surface area contributed by atoms with Crippen molar-refractivity contribution in [2.75, 3.05) is 14.2 Å². The Morgan fingerprint density at radius 2 is 1.02 bits per heavy atom. The second-order valence-electron chi connectivity index (χ2n) is 13.7. The first kappa shape index (κ1) is 42.7. The number of halogens is 2. The molecule has 2 aromatic rings. The van der Waals surface area contributed by atoms with Crippen molar-refractivity contribution < 1.29 is 64.3 Å². The van der Waals surface area contributed by atoms with Crippen molar-refractivity contribution in [3.63, 3.8) is 0 Å². The molecule has 0 atom stereocenters. The molecule has 2 aliphatic heterocycles. The van der Waals surface area contributed by atoms with Crippen LogP contribution in [0.4, 0.5) is 0 Å². The number of amides is 2. The summed E-state index contributed by atoms with van der Waals surface area (Å²) in [6, 6.07) is 8.16. The van der Waals surface area contributed by atoms with Crippen LogP contribution < -0.4 is 40.2 Å². The van der Waals surface area contributed by atoms with Crippen LogP contribution in [-0.2, 0) is 31.9 Å². The van der Waals surface area contributed by atoms with Crippen LogP contribution >= 0.6 is 31.9 Å². The van der Waals surface area contributed by atoms with Gasteiger partial charge in [0.15, 0.2) is 0 Å². The first-order valence-corrected chi connectivity index (χ1v) is 18.6. The number of methoxy groups -OCH3 is 2. The number of nitrogens with one attached hydrogen (secondary N) is 2. The van der Waals surface area contributed by atoms with Gasteiger partial charge in [-0.2, -0.15) is 0 Å². The number of benzene rings is 2. The summed E-state index contributed by atoms with van der Waals surface area (Å²) in [5.41, 5.74) is 5.65. The fourth-order valence-electron chi connectivity index (χ4n) is 7.94. The zero-order valence-corrected chi connectivity index (χ0v) is 35.4. The maximum absolute atomic E-state index is 12.7. The monoisotopic (exact) mass is 826 g/mol. The van der Waals surface area contributed by atoms with E-state index in [4.69, 9.17) is 9.47 Å². The summed E-state index contributed by atoms with van der Waals surface area (Å²) in [5.74, 6) is 0.0350. The molecule has 5 N–H and O–H groups in total. The molecule has 268 valence electrons. The first-order valence-electron chi connectivity index (χ1n) is 17.0. The van der Waals surface area contributed by atoms with Gasteiger partial charge >= 0.3 is 29.6 Å². The van der Waals surface area contributed by atoms with Gasteiger partial charge in [-0.25, -0.2) is 0 Å². The van der Waals surface area contributed by atoms with Gasteiger partial charge in [-0.3, -0.25) is 9.59 Å². The Morgan fingerprint density at radius 1 is 0.700 bits per heavy atom. The van der Waals surface area contributed by atoms with E-state index < -0.39 is 11.1 Å². The van der Waals surface area contributed by atoms with Crippen LogP contribution in [0.25, 0.3) is 11.1 Å². The van der Waals surface area contributed by atoms with Gasteiger partial charge in [0.25, 0.3) is 11.8 Å². The predicted molar refractivity (Wildman–Crippen MR) is 198 cm³/mol. The van der Waals surface area contributed by atoms with Crippen molar-refractivity contribution in [3.05, 3.63) is 78.1 Å². The van der Waals surface area contributed by atoms with Gasteiger partial charge in [0, 0.05) is 34.3 Å². The molecule has 50 heavy (non-hydrogen) atoms. The van der Waals surface area contributed by atoms with Gasteiger partial charge < -0.3 is 35.8 Å². The van der Waals surface area contributed by atoms with Crippen LogP contribution in [0.2, 0.25) is 0 Å². The number of hydrogen-bond acceptors (Lipinski definition) is 7. The van der Waals surface area contributed by atoms with Gasteiger partial charge in [0.1, 0.15) is 11.5 Å². The minimum absolute atomic E-state index is 0. The molecule has 9 nitrogen and oxygen atoms in total. The molecular formula is C38H49Br2N2NaO7. The van der Waals surface area contributed by atoms with E-state index in [0.29, 0.717) is 36.8 Å². The van der Waals surface area contributed by atoms with E-state index in [1.807, 2.05) is 26.0 Å². The zero-order chi connectivity index (χ0) is 35.0. The van der Waals surface area contributed by atoms with Crippen molar-refractivity contribution in [1.82, 2.24) is 10.6 Å². The molecule has 0 bridgehead atoms. The largest absolute Gasteiger partial charge is 1.00 e. The molecule has 12 heteroatoms. The minimum Gasteiger partial charge on any atom is -0.870 e. The SMILES string of the molecule is CCc1cc(C)cc(Br)c1C1=C(O)C2(CCC(OC)CC2)NC1=O.CCc1cc(C)cc(Br)c1C1=C(O)C2(CCC(OC)CC2)NC1=O.[Na+].[OH-]. The number of rotatable bonds is 6. The molecule has 2 fully saturated rings. The Morgan fingerprint density at radius 3 is 1.30 bits per heavy atom. The third-order valence-electron chi connectivity index (χ3n) is 10.7. The molecular weight excluding hydrogens is 779 g/mol. The Balaban J connectivity index is 0.000000260. The Bertz CT molecular complexity index is 1540. The fourth-order valence-corrected chi connectivity index (χ4v) is 9.57. The summed E-state index contributed by atoms with van der Waals surface area (Å²) in [7, 11) is 3.43. The van der Waals surface area contributed by atoms with Gasteiger partial charge in [0.05, 0.1) is 34.4 Å². The maximum Gasteiger partial charge on any atom is 1.00 e. The summed E-state index contributed by atoms with van der Waals surface area (Å²) < 4.78 is 12.6. The Kier molecular flexibility index (Phi) is 14.9. The van der Waals surface area contributed by atoms with E-state index >= 15 is 0 Å².